The molecule has 0 unspecified atom stereocenters. The molecule has 0 aliphatic rings. The predicted octanol–water partition coefficient (Wildman–Crippen LogP) is 0.238. The van der Waals surface area contributed by atoms with Crippen molar-refractivity contribution in [2.45, 2.75) is 45.8 Å². The summed E-state index contributed by atoms with van der Waals surface area (Å²) in [5.74, 6) is -0.926. The van der Waals surface area contributed by atoms with Crippen LogP contribution >= 0.6 is 0 Å². The van der Waals surface area contributed by atoms with E-state index in [2.05, 4.69) is 10.3 Å². The standard InChI is InChI=1S/C10H17N3O3/c1-4-8-7(5-9(14)15)11-12-13(8)6-10(2,3)16/h16H,4-6H2,1-3H3,(H,14,15). The third-order valence-electron chi connectivity index (χ3n) is 2.11. The molecule has 1 aromatic rings. The van der Waals surface area contributed by atoms with E-state index in [4.69, 9.17) is 5.11 Å². The Hall–Kier alpha value is -1.43. The molecule has 2 N–H and O–H groups in total. The highest BCUT2D eigenvalue weighted by molar-refractivity contribution is 5.69. The first-order valence-electron chi connectivity index (χ1n) is 5.19. The van der Waals surface area contributed by atoms with E-state index >= 15 is 0 Å². The van der Waals surface area contributed by atoms with Crippen LogP contribution in [-0.4, -0.2) is 36.8 Å². The van der Waals surface area contributed by atoms with Gasteiger partial charge >= 0.3 is 5.97 Å². The van der Waals surface area contributed by atoms with Gasteiger partial charge in [-0.2, -0.15) is 0 Å². The number of hydrogen-bond donors (Lipinski definition) is 2. The summed E-state index contributed by atoms with van der Waals surface area (Å²) in [6.45, 7) is 5.56. The van der Waals surface area contributed by atoms with Crippen molar-refractivity contribution in [1.82, 2.24) is 15.0 Å². The van der Waals surface area contributed by atoms with E-state index in [-0.39, 0.29) is 6.42 Å². The van der Waals surface area contributed by atoms with Gasteiger partial charge in [-0.25, -0.2) is 4.68 Å². The molecular formula is C10H17N3O3. The van der Waals surface area contributed by atoms with Crippen LogP contribution in [0.25, 0.3) is 0 Å². The fraction of sp³-hybridized carbons (Fsp3) is 0.700. The summed E-state index contributed by atoms with van der Waals surface area (Å²) in [5, 5.41) is 26.1. The van der Waals surface area contributed by atoms with E-state index in [1.165, 1.54) is 0 Å². The van der Waals surface area contributed by atoms with Crippen LogP contribution in [0, 0.1) is 0 Å². The Kier molecular flexibility index (Phi) is 3.64. The summed E-state index contributed by atoms with van der Waals surface area (Å²) < 4.78 is 1.57. The van der Waals surface area contributed by atoms with E-state index < -0.39 is 11.6 Å². The van der Waals surface area contributed by atoms with Crippen molar-refractivity contribution < 1.29 is 15.0 Å². The Morgan fingerprint density at radius 3 is 2.56 bits per heavy atom. The minimum Gasteiger partial charge on any atom is -0.481 e. The van der Waals surface area contributed by atoms with Gasteiger partial charge < -0.3 is 10.2 Å². The number of rotatable bonds is 5. The van der Waals surface area contributed by atoms with Gasteiger partial charge in [0.1, 0.15) is 0 Å². The van der Waals surface area contributed by atoms with Gasteiger partial charge in [0.15, 0.2) is 0 Å². The Labute approximate surface area is 93.9 Å². The van der Waals surface area contributed by atoms with Crippen molar-refractivity contribution in [1.29, 1.82) is 0 Å². The van der Waals surface area contributed by atoms with E-state index in [9.17, 15) is 9.90 Å². The second kappa shape index (κ2) is 4.61. The van der Waals surface area contributed by atoms with Crippen molar-refractivity contribution in [2.24, 2.45) is 0 Å². The first-order valence-corrected chi connectivity index (χ1v) is 5.19. The van der Waals surface area contributed by atoms with Gasteiger partial charge in [0, 0.05) is 0 Å². The van der Waals surface area contributed by atoms with Gasteiger partial charge in [-0.05, 0) is 20.3 Å². The summed E-state index contributed by atoms with van der Waals surface area (Å²) >= 11 is 0. The zero-order valence-corrected chi connectivity index (χ0v) is 9.77. The first kappa shape index (κ1) is 12.6. The van der Waals surface area contributed by atoms with Gasteiger partial charge in [-0.15, -0.1) is 5.10 Å². The number of carbonyl (C=O) groups is 1. The number of aliphatic carboxylic acids is 1. The van der Waals surface area contributed by atoms with Gasteiger partial charge in [0.2, 0.25) is 0 Å². The molecule has 0 radical (unpaired) electrons. The number of carboxylic acid groups (broad SMARTS) is 1. The highest BCUT2D eigenvalue weighted by Crippen LogP contribution is 2.12. The maximum absolute atomic E-state index is 10.6. The van der Waals surface area contributed by atoms with Crippen LogP contribution in [0.1, 0.15) is 32.2 Å². The average Bonchev–Trinajstić information content (AvgIpc) is 2.43. The molecule has 0 fully saturated rings. The number of aromatic nitrogens is 3. The van der Waals surface area contributed by atoms with Crippen molar-refractivity contribution in [2.75, 3.05) is 0 Å². The molecule has 0 aromatic carbocycles. The fourth-order valence-corrected chi connectivity index (χ4v) is 1.53. The largest absolute Gasteiger partial charge is 0.481 e. The molecule has 6 nitrogen and oxygen atoms in total. The molecule has 90 valence electrons. The highest BCUT2D eigenvalue weighted by Gasteiger charge is 2.19. The van der Waals surface area contributed by atoms with E-state index in [0.29, 0.717) is 18.7 Å². The molecule has 0 aliphatic heterocycles. The van der Waals surface area contributed by atoms with Crippen LogP contribution in [0.3, 0.4) is 0 Å². The number of hydrogen-bond acceptors (Lipinski definition) is 4. The van der Waals surface area contributed by atoms with Crippen molar-refractivity contribution in [3.05, 3.63) is 11.4 Å². The molecule has 0 spiro atoms. The minimum atomic E-state index is -0.926. The second-order valence-electron chi connectivity index (χ2n) is 4.38. The van der Waals surface area contributed by atoms with Crippen molar-refractivity contribution in [3.63, 3.8) is 0 Å². The summed E-state index contributed by atoms with van der Waals surface area (Å²) in [6.07, 6.45) is 0.515. The molecule has 0 atom stereocenters. The molecule has 1 rings (SSSR count). The third kappa shape index (κ3) is 3.30. The maximum atomic E-state index is 10.6. The lowest BCUT2D eigenvalue weighted by Gasteiger charge is -2.17. The highest BCUT2D eigenvalue weighted by atomic mass is 16.4. The van der Waals surface area contributed by atoms with E-state index in [0.717, 1.165) is 5.69 Å². The van der Waals surface area contributed by atoms with Crippen molar-refractivity contribution in [3.8, 4) is 0 Å². The SMILES string of the molecule is CCc1c(CC(=O)O)nnn1CC(C)(C)O. The lowest BCUT2D eigenvalue weighted by Crippen LogP contribution is -2.27. The number of carboxylic acids is 1. The maximum Gasteiger partial charge on any atom is 0.309 e. The Morgan fingerprint density at radius 1 is 1.50 bits per heavy atom. The molecule has 16 heavy (non-hydrogen) atoms. The van der Waals surface area contributed by atoms with Gasteiger partial charge in [-0.3, -0.25) is 4.79 Å². The molecule has 6 heteroatoms. The van der Waals surface area contributed by atoms with Crippen LogP contribution in [0.5, 0.6) is 0 Å². The summed E-state index contributed by atoms with van der Waals surface area (Å²) in [7, 11) is 0. The molecule has 0 aliphatic carbocycles. The normalized spacial score (nSPS) is 11.8. The predicted molar refractivity (Wildman–Crippen MR) is 57.0 cm³/mol. The third-order valence-corrected chi connectivity index (χ3v) is 2.11. The quantitative estimate of drug-likeness (QED) is 0.752. The molecule has 1 heterocycles. The monoisotopic (exact) mass is 227 g/mol. The Balaban J connectivity index is 2.94. The Bertz CT molecular complexity index is 379. The summed E-state index contributed by atoms with van der Waals surface area (Å²) in [5.41, 5.74) is 0.349. The fourth-order valence-electron chi connectivity index (χ4n) is 1.53. The van der Waals surface area contributed by atoms with Crippen LogP contribution in [-0.2, 0) is 24.2 Å². The van der Waals surface area contributed by atoms with Gasteiger partial charge in [-0.1, -0.05) is 12.1 Å². The molecule has 1 aromatic heterocycles. The average molecular weight is 227 g/mol. The van der Waals surface area contributed by atoms with Crippen molar-refractivity contribution >= 4 is 5.97 Å². The van der Waals surface area contributed by atoms with Gasteiger partial charge in [0.05, 0.1) is 30.0 Å². The zero-order valence-electron chi connectivity index (χ0n) is 9.77. The summed E-state index contributed by atoms with van der Waals surface area (Å²) in [4.78, 5) is 10.6. The molecule has 0 saturated carbocycles. The molecular weight excluding hydrogens is 210 g/mol. The number of nitrogens with zero attached hydrogens (tertiary/aromatic N) is 3. The second-order valence-corrected chi connectivity index (χ2v) is 4.38. The van der Waals surface area contributed by atoms with E-state index in [1.54, 1.807) is 18.5 Å². The molecule has 0 bridgehead atoms. The molecule has 0 amide bonds. The van der Waals surface area contributed by atoms with Gasteiger partial charge in [0.25, 0.3) is 0 Å². The van der Waals surface area contributed by atoms with Crippen LogP contribution in [0.4, 0.5) is 0 Å². The lowest BCUT2D eigenvalue weighted by molar-refractivity contribution is -0.136. The minimum absolute atomic E-state index is 0.130. The van der Waals surface area contributed by atoms with Crippen LogP contribution in [0.2, 0.25) is 0 Å². The summed E-state index contributed by atoms with van der Waals surface area (Å²) in [6, 6.07) is 0. The zero-order chi connectivity index (χ0) is 12.3. The lowest BCUT2D eigenvalue weighted by atomic mass is 10.1. The van der Waals surface area contributed by atoms with Crippen LogP contribution in [0.15, 0.2) is 0 Å². The smallest absolute Gasteiger partial charge is 0.309 e. The number of aliphatic hydroxyl groups is 1. The first-order chi connectivity index (χ1) is 7.33. The topological polar surface area (TPSA) is 88.2 Å². The van der Waals surface area contributed by atoms with E-state index in [1.807, 2.05) is 6.92 Å². The molecule has 0 saturated heterocycles. The Morgan fingerprint density at radius 2 is 2.12 bits per heavy atom. The van der Waals surface area contributed by atoms with Crippen LogP contribution < -0.4 is 0 Å².